The van der Waals surface area contributed by atoms with Crippen molar-refractivity contribution in [2.45, 2.75) is 58.4 Å². The minimum absolute atomic E-state index is 0.160. The van der Waals surface area contributed by atoms with Crippen molar-refractivity contribution in [3.8, 4) is 0 Å². The number of ether oxygens (including phenoxy) is 1. The maximum atomic E-state index is 11.2. The summed E-state index contributed by atoms with van der Waals surface area (Å²) in [7, 11) is 1.42. The summed E-state index contributed by atoms with van der Waals surface area (Å²) in [6.07, 6.45) is 6.16. The van der Waals surface area contributed by atoms with Gasteiger partial charge in [-0.2, -0.15) is 0 Å². The molecule has 0 aliphatic carbocycles. The normalized spacial score (nSPS) is 11.4. The van der Waals surface area contributed by atoms with Crippen LogP contribution in [0.15, 0.2) is 18.2 Å². The van der Waals surface area contributed by atoms with Crippen molar-refractivity contribution in [1.82, 2.24) is 14.5 Å². The number of imidazole rings is 1. The minimum Gasteiger partial charge on any atom is -0.469 e. The monoisotopic (exact) mass is 397 g/mol. The molecule has 29 heavy (non-hydrogen) atoms. The van der Waals surface area contributed by atoms with E-state index in [9.17, 15) is 4.79 Å². The average Bonchev–Trinajstić information content (AvgIpc) is 3.09. The molecule has 7 nitrogen and oxygen atoms in total. The smallest absolute Gasteiger partial charge is 0.305 e. The zero-order valence-corrected chi connectivity index (χ0v) is 17.4. The van der Waals surface area contributed by atoms with Gasteiger partial charge in [0.05, 0.1) is 18.1 Å². The number of fused-ring (bicyclic) bond motifs is 3. The second kappa shape index (κ2) is 9.69. The van der Waals surface area contributed by atoms with E-state index in [0.717, 1.165) is 66.3 Å². The van der Waals surface area contributed by atoms with Crippen LogP contribution in [0, 0.1) is 0 Å². The number of rotatable bonds is 10. The Morgan fingerprint density at radius 1 is 1.17 bits per heavy atom. The van der Waals surface area contributed by atoms with E-state index in [2.05, 4.69) is 34.7 Å². The lowest BCUT2D eigenvalue weighted by Gasteiger charge is -2.10. The van der Waals surface area contributed by atoms with Gasteiger partial charge in [-0.05, 0) is 37.3 Å². The molecule has 156 valence electrons. The molecule has 0 saturated carbocycles. The molecule has 3 rings (SSSR count). The molecule has 0 fully saturated rings. The molecule has 0 bridgehead atoms. The highest BCUT2D eigenvalue weighted by atomic mass is 16.5. The molecular weight excluding hydrogens is 366 g/mol. The fourth-order valence-electron chi connectivity index (χ4n) is 3.76. The Bertz CT molecular complexity index is 996. The molecule has 2 heterocycles. The number of carbonyl (C=O) groups excluding carboxylic acids is 1. The minimum atomic E-state index is -0.160. The summed E-state index contributed by atoms with van der Waals surface area (Å²) in [5.74, 6) is 1.33. The molecule has 2 aromatic heterocycles. The van der Waals surface area contributed by atoms with Crippen molar-refractivity contribution in [1.29, 1.82) is 0 Å². The van der Waals surface area contributed by atoms with Crippen LogP contribution < -0.4 is 11.5 Å². The van der Waals surface area contributed by atoms with E-state index < -0.39 is 0 Å². The number of nitrogens with zero attached hydrogens (tertiary/aromatic N) is 3. The lowest BCUT2D eigenvalue weighted by molar-refractivity contribution is -0.140. The zero-order valence-electron chi connectivity index (χ0n) is 17.4. The van der Waals surface area contributed by atoms with E-state index in [1.807, 2.05) is 0 Å². The number of aromatic nitrogens is 3. The van der Waals surface area contributed by atoms with E-state index >= 15 is 0 Å². The summed E-state index contributed by atoms with van der Waals surface area (Å²) in [5.41, 5.74) is 16.0. The fraction of sp³-hybridized carbons (Fsp3) is 0.500. The Morgan fingerprint density at radius 2 is 2.00 bits per heavy atom. The largest absolute Gasteiger partial charge is 0.469 e. The Balaban J connectivity index is 1.94. The van der Waals surface area contributed by atoms with E-state index in [0.29, 0.717) is 25.3 Å². The van der Waals surface area contributed by atoms with Gasteiger partial charge in [0.15, 0.2) is 5.82 Å². The third-order valence-corrected chi connectivity index (χ3v) is 5.28. The number of hydrogen-bond donors (Lipinski definition) is 2. The molecule has 0 spiro atoms. The molecule has 4 N–H and O–H groups in total. The highest BCUT2D eigenvalue weighted by molar-refractivity contribution is 6.06. The number of esters is 1. The number of aryl methyl sites for hydroxylation is 2. The van der Waals surface area contributed by atoms with Gasteiger partial charge in [0.2, 0.25) is 0 Å². The van der Waals surface area contributed by atoms with Crippen molar-refractivity contribution in [2.75, 3.05) is 19.4 Å². The van der Waals surface area contributed by atoms with Crippen LogP contribution in [0.1, 0.15) is 50.4 Å². The van der Waals surface area contributed by atoms with Crippen LogP contribution in [-0.2, 0) is 28.9 Å². The van der Waals surface area contributed by atoms with E-state index in [1.54, 1.807) is 0 Å². The van der Waals surface area contributed by atoms with Gasteiger partial charge in [-0.25, -0.2) is 9.97 Å². The predicted molar refractivity (Wildman–Crippen MR) is 117 cm³/mol. The van der Waals surface area contributed by atoms with Gasteiger partial charge in [-0.15, -0.1) is 0 Å². The number of carbonyl (C=O) groups is 1. The van der Waals surface area contributed by atoms with Crippen molar-refractivity contribution in [2.24, 2.45) is 5.73 Å². The van der Waals surface area contributed by atoms with E-state index in [4.69, 9.17) is 21.2 Å². The number of nitrogen functional groups attached to an aromatic ring is 1. The number of anilines is 1. The highest BCUT2D eigenvalue weighted by Gasteiger charge is 2.17. The maximum Gasteiger partial charge on any atom is 0.305 e. The standard InChI is InChI=1S/C22H31N5O2/c1-3-4-8-18-26-20-21(27(18)13-12-23)16-11-10-15(14-17(16)25-22(20)24)7-5-6-9-19(28)29-2/h10-11,14H,3-9,12-13,23H2,1-2H3,(H2,24,25). The van der Waals surface area contributed by atoms with Crippen LogP contribution in [0.5, 0.6) is 0 Å². The first kappa shape index (κ1) is 21.0. The summed E-state index contributed by atoms with van der Waals surface area (Å²) >= 11 is 0. The molecule has 0 aliphatic rings. The van der Waals surface area contributed by atoms with E-state index in [-0.39, 0.29) is 5.97 Å². The summed E-state index contributed by atoms with van der Waals surface area (Å²) in [6, 6.07) is 6.33. The van der Waals surface area contributed by atoms with Gasteiger partial charge in [0.25, 0.3) is 0 Å². The van der Waals surface area contributed by atoms with Crippen molar-refractivity contribution < 1.29 is 9.53 Å². The molecule has 1 aromatic carbocycles. The Labute approximate surface area is 171 Å². The van der Waals surface area contributed by atoms with E-state index in [1.165, 1.54) is 12.7 Å². The number of benzene rings is 1. The zero-order chi connectivity index (χ0) is 20.8. The summed E-state index contributed by atoms with van der Waals surface area (Å²) < 4.78 is 6.90. The first-order valence-electron chi connectivity index (χ1n) is 10.4. The summed E-state index contributed by atoms with van der Waals surface area (Å²) in [4.78, 5) is 20.7. The van der Waals surface area contributed by atoms with Crippen LogP contribution in [0.4, 0.5) is 5.82 Å². The topological polar surface area (TPSA) is 109 Å². The quantitative estimate of drug-likeness (QED) is 0.401. The van der Waals surface area contributed by atoms with Crippen molar-refractivity contribution in [3.63, 3.8) is 0 Å². The Morgan fingerprint density at radius 3 is 2.72 bits per heavy atom. The molecule has 0 aliphatic heterocycles. The second-order valence-corrected chi connectivity index (χ2v) is 7.40. The lowest BCUT2D eigenvalue weighted by Crippen LogP contribution is -2.13. The van der Waals surface area contributed by atoms with Gasteiger partial charge < -0.3 is 20.8 Å². The first-order valence-corrected chi connectivity index (χ1v) is 10.4. The van der Waals surface area contributed by atoms with Crippen LogP contribution in [0.2, 0.25) is 0 Å². The summed E-state index contributed by atoms with van der Waals surface area (Å²) in [5, 5.41) is 1.05. The number of pyridine rings is 1. The molecule has 0 saturated heterocycles. The van der Waals surface area contributed by atoms with Crippen LogP contribution >= 0.6 is 0 Å². The van der Waals surface area contributed by atoms with Crippen LogP contribution in [-0.4, -0.2) is 34.2 Å². The number of unbranched alkanes of at least 4 members (excludes halogenated alkanes) is 2. The van der Waals surface area contributed by atoms with Gasteiger partial charge in [0, 0.05) is 31.3 Å². The Hall–Kier alpha value is -2.67. The summed E-state index contributed by atoms with van der Waals surface area (Å²) in [6.45, 7) is 3.43. The fourth-order valence-corrected chi connectivity index (χ4v) is 3.76. The number of hydrogen-bond acceptors (Lipinski definition) is 6. The molecule has 3 aromatic rings. The van der Waals surface area contributed by atoms with Gasteiger partial charge >= 0.3 is 5.97 Å². The third kappa shape index (κ3) is 4.67. The van der Waals surface area contributed by atoms with Crippen molar-refractivity contribution in [3.05, 3.63) is 29.6 Å². The molecular formula is C22H31N5O2. The lowest BCUT2D eigenvalue weighted by atomic mass is 10.0. The highest BCUT2D eigenvalue weighted by Crippen LogP contribution is 2.30. The number of nitrogens with two attached hydrogens (primary N) is 2. The maximum absolute atomic E-state index is 11.2. The molecule has 0 amide bonds. The first-order chi connectivity index (χ1) is 14.1. The SMILES string of the molecule is CCCCc1nc2c(N)nc3cc(CCCCC(=O)OC)ccc3c2n1CCN. The van der Waals surface area contributed by atoms with Crippen molar-refractivity contribution >= 4 is 33.7 Å². The third-order valence-electron chi connectivity index (χ3n) is 5.28. The molecule has 0 radical (unpaired) electrons. The molecule has 0 atom stereocenters. The van der Waals surface area contributed by atoms with Gasteiger partial charge in [-0.3, -0.25) is 4.79 Å². The van der Waals surface area contributed by atoms with Crippen LogP contribution in [0.25, 0.3) is 21.9 Å². The van der Waals surface area contributed by atoms with Gasteiger partial charge in [-0.1, -0.05) is 25.5 Å². The second-order valence-electron chi connectivity index (χ2n) is 7.40. The van der Waals surface area contributed by atoms with Crippen LogP contribution in [0.3, 0.4) is 0 Å². The van der Waals surface area contributed by atoms with Gasteiger partial charge in [0.1, 0.15) is 11.3 Å². The Kier molecular flexibility index (Phi) is 7.04. The average molecular weight is 398 g/mol. The molecule has 0 unspecified atom stereocenters. The number of methoxy groups -OCH3 is 1. The predicted octanol–water partition coefficient (Wildman–Crippen LogP) is 3.35. The molecule has 7 heteroatoms.